The standard InChI is InChI=1S/C9H14O2/c1-6(2)8-9(7(3)4)11-5-10-8/h5H2,1-4H3/i5D2. The van der Waals surface area contributed by atoms with Gasteiger partial charge in [-0.3, -0.25) is 0 Å². The van der Waals surface area contributed by atoms with Crippen molar-refractivity contribution < 1.29 is 12.2 Å². The monoisotopic (exact) mass is 156 g/mol. The first kappa shape index (κ1) is 5.70. The molecule has 0 aliphatic carbocycles. The lowest BCUT2D eigenvalue weighted by atomic mass is 10.2. The number of ether oxygens (including phenoxy) is 2. The van der Waals surface area contributed by atoms with Crippen molar-refractivity contribution >= 4 is 0 Å². The van der Waals surface area contributed by atoms with Crippen LogP contribution in [0, 0.1) is 0 Å². The summed E-state index contributed by atoms with van der Waals surface area (Å²) >= 11 is 0. The fourth-order valence-electron chi connectivity index (χ4n) is 0.855. The van der Waals surface area contributed by atoms with Crippen LogP contribution in [0.2, 0.25) is 0 Å². The predicted molar refractivity (Wildman–Crippen MR) is 43.8 cm³/mol. The Balaban J connectivity index is 3.14. The summed E-state index contributed by atoms with van der Waals surface area (Å²) in [5.74, 6) is 1.04. The maximum Gasteiger partial charge on any atom is 0.231 e. The van der Waals surface area contributed by atoms with Gasteiger partial charge in [-0.15, -0.1) is 0 Å². The van der Waals surface area contributed by atoms with Gasteiger partial charge in [0.2, 0.25) is 6.75 Å². The Labute approximate surface area is 70.3 Å². The number of allylic oxidation sites excluding steroid dienone is 2. The van der Waals surface area contributed by atoms with E-state index in [4.69, 9.17) is 12.2 Å². The van der Waals surface area contributed by atoms with E-state index in [1.54, 1.807) is 0 Å². The summed E-state index contributed by atoms with van der Waals surface area (Å²) < 4.78 is 24.6. The smallest absolute Gasteiger partial charge is 0.231 e. The fourth-order valence-corrected chi connectivity index (χ4v) is 0.855. The zero-order valence-corrected chi connectivity index (χ0v) is 7.32. The van der Waals surface area contributed by atoms with E-state index in [9.17, 15) is 0 Å². The van der Waals surface area contributed by atoms with Gasteiger partial charge in [-0.05, 0) is 38.8 Å². The van der Waals surface area contributed by atoms with Crippen molar-refractivity contribution in [2.24, 2.45) is 0 Å². The van der Waals surface area contributed by atoms with Crippen molar-refractivity contribution in [2.45, 2.75) is 27.7 Å². The molecular formula is C9H14O2. The van der Waals surface area contributed by atoms with E-state index in [1.807, 2.05) is 27.7 Å². The van der Waals surface area contributed by atoms with E-state index in [1.165, 1.54) is 0 Å². The molecule has 0 N–H and O–H groups in total. The summed E-state index contributed by atoms with van der Waals surface area (Å²) in [6, 6.07) is 0. The molecule has 1 aliphatic heterocycles. The highest BCUT2D eigenvalue weighted by Crippen LogP contribution is 2.26. The maximum atomic E-state index is 7.29. The van der Waals surface area contributed by atoms with E-state index in [0.29, 0.717) is 11.5 Å². The summed E-state index contributed by atoms with van der Waals surface area (Å²) in [5, 5.41) is 0. The van der Waals surface area contributed by atoms with Crippen molar-refractivity contribution in [3.8, 4) is 0 Å². The third-order valence-corrected chi connectivity index (χ3v) is 1.40. The predicted octanol–water partition coefficient (Wildman–Crippen LogP) is 2.58. The van der Waals surface area contributed by atoms with Gasteiger partial charge < -0.3 is 9.47 Å². The van der Waals surface area contributed by atoms with Crippen LogP contribution in [0.1, 0.15) is 30.4 Å². The maximum absolute atomic E-state index is 7.29. The molecule has 0 aromatic rings. The summed E-state index contributed by atoms with van der Waals surface area (Å²) in [4.78, 5) is 0. The number of hydrogen-bond acceptors (Lipinski definition) is 2. The molecule has 2 heteroatoms. The third-order valence-electron chi connectivity index (χ3n) is 1.40. The molecule has 0 saturated carbocycles. The van der Waals surface area contributed by atoms with Crippen molar-refractivity contribution in [3.05, 3.63) is 22.7 Å². The fraction of sp³-hybridized carbons (Fsp3) is 0.556. The molecule has 1 heterocycles. The van der Waals surface area contributed by atoms with Crippen LogP contribution in [0.25, 0.3) is 0 Å². The van der Waals surface area contributed by atoms with Gasteiger partial charge in [0, 0.05) is 0 Å². The molecule has 1 fully saturated rings. The molecule has 0 atom stereocenters. The molecule has 1 rings (SSSR count). The lowest BCUT2D eigenvalue weighted by Gasteiger charge is -2.00. The van der Waals surface area contributed by atoms with E-state index in [0.717, 1.165) is 11.1 Å². The first-order valence-electron chi connectivity index (χ1n) is 4.57. The molecule has 0 bridgehead atoms. The second-order valence-corrected chi connectivity index (χ2v) is 2.95. The van der Waals surface area contributed by atoms with Crippen LogP contribution in [-0.4, -0.2) is 6.75 Å². The highest BCUT2D eigenvalue weighted by molar-refractivity contribution is 5.29. The summed E-state index contributed by atoms with van der Waals surface area (Å²) in [6.07, 6.45) is 0. The minimum atomic E-state index is -2.01. The van der Waals surface area contributed by atoms with Crippen LogP contribution in [0.3, 0.4) is 0 Å². The average molecular weight is 156 g/mol. The molecule has 1 aliphatic rings. The largest absolute Gasteiger partial charge is 0.454 e. The van der Waals surface area contributed by atoms with Gasteiger partial charge in [0.25, 0.3) is 0 Å². The third kappa shape index (κ3) is 1.56. The van der Waals surface area contributed by atoms with Crippen molar-refractivity contribution in [3.63, 3.8) is 0 Å². The van der Waals surface area contributed by atoms with Crippen LogP contribution < -0.4 is 0 Å². The summed E-state index contributed by atoms with van der Waals surface area (Å²) in [5.41, 5.74) is 1.83. The van der Waals surface area contributed by atoms with Gasteiger partial charge in [-0.2, -0.15) is 0 Å². The normalized spacial score (nSPS) is 23.3. The molecule has 0 aromatic heterocycles. The Morgan fingerprint density at radius 2 is 1.45 bits per heavy atom. The molecule has 1 saturated heterocycles. The Morgan fingerprint density at radius 1 is 1.09 bits per heavy atom. The zero-order chi connectivity index (χ0) is 10.2. The molecular weight excluding hydrogens is 140 g/mol. The molecule has 0 aromatic carbocycles. The quantitative estimate of drug-likeness (QED) is 0.536. The van der Waals surface area contributed by atoms with Gasteiger partial charge in [0.1, 0.15) is 2.74 Å². The van der Waals surface area contributed by atoms with Crippen LogP contribution in [0.5, 0.6) is 0 Å². The van der Waals surface area contributed by atoms with Crippen molar-refractivity contribution in [1.82, 2.24) is 0 Å². The van der Waals surface area contributed by atoms with E-state index in [-0.39, 0.29) is 0 Å². The second-order valence-electron chi connectivity index (χ2n) is 2.95. The van der Waals surface area contributed by atoms with Crippen LogP contribution in [0.4, 0.5) is 0 Å². The minimum Gasteiger partial charge on any atom is -0.454 e. The topological polar surface area (TPSA) is 18.5 Å². The molecule has 0 spiro atoms. The lowest BCUT2D eigenvalue weighted by molar-refractivity contribution is 0.0963. The Hall–Kier alpha value is -0.920. The van der Waals surface area contributed by atoms with Crippen molar-refractivity contribution in [1.29, 1.82) is 0 Å². The van der Waals surface area contributed by atoms with Crippen LogP contribution in [-0.2, 0) is 9.47 Å². The van der Waals surface area contributed by atoms with E-state index >= 15 is 0 Å². The average Bonchev–Trinajstić information content (AvgIpc) is 2.26. The minimum absolute atomic E-state index is 0.519. The van der Waals surface area contributed by atoms with Gasteiger partial charge in [-0.1, -0.05) is 0 Å². The highest BCUT2D eigenvalue weighted by atomic mass is 16.7. The molecule has 0 radical (unpaired) electrons. The van der Waals surface area contributed by atoms with Crippen LogP contribution in [0.15, 0.2) is 22.7 Å². The Morgan fingerprint density at radius 3 is 1.73 bits per heavy atom. The van der Waals surface area contributed by atoms with Gasteiger partial charge in [0.05, 0.1) is 0 Å². The molecule has 11 heavy (non-hydrogen) atoms. The van der Waals surface area contributed by atoms with Gasteiger partial charge >= 0.3 is 0 Å². The first-order valence-corrected chi connectivity index (χ1v) is 3.57. The summed E-state index contributed by atoms with van der Waals surface area (Å²) in [7, 11) is 0. The van der Waals surface area contributed by atoms with Gasteiger partial charge in [-0.25, -0.2) is 0 Å². The highest BCUT2D eigenvalue weighted by Gasteiger charge is 2.18. The summed E-state index contributed by atoms with van der Waals surface area (Å²) in [6.45, 7) is 5.44. The Bertz CT molecular complexity index is 254. The Kier molecular flexibility index (Phi) is 1.55. The van der Waals surface area contributed by atoms with Crippen molar-refractivity contribution in [2.75, 3.05) is 6.75 Å². The molecule has 62 valence electrons. The van der Waals surface area contributed by atoms with E-state index < -0.39 is 6.75 Å². The molecule has 2 nitrogen and oxygen atoms in total. The van der Waals surface area contributed by atoms with Crippen LogP contribution >= 0.6 is 0 Å². The van der Waals surface area contributed by atoms with E-state index in [2.05, 4.69) is 0 Å². The lowest BCUT2D eigenvalue weighted by Crippen LogP contribution is -1.88. The van der Waals surface area contributed by atoms with Gasteiger partial charge in [0.15, 0.2) is 11.5 Å². The number of rotatable bonds is 0. The molecule has 0 unspecified atom stereocenters. The first-order chi connectivity index (χ1) is 5.83. The number of hydrogen-bond donors (Lipinski definition) is 0. The second kappa shape index (κ2) is 2.99. The zero-order valence-electron chi connectivity index (χ0n) is 9.32. The molecule has 0 amide bonds. The SMILES string of the molecule is [2H]C1([2H])OC(=C(C)C)C(=C(C)C)O1.